The minimum atomic E-state index is -4.35. The molecule has 0 spiro atoms. The van der Waals surface area contributed by atoms with E-state index in [9.17, 15) is 22.8 Å². The summed E-state index contributed by atoms with van der Waals surface area (Å²) in [6.07, 6.45) is 3.59. The second-order valence-corrected chi connectivity index (χ2v) is 10.6. The van der Waals surface area contributed by atoms with Crippen LogP contribution in [0.2, 0.25) is 0 Å². The molecule has 0 aromatic heterocycles. The molecule has 0 atom stereocenters. The van der Waals surface area contributed by atoms with Crippen LogP contribution in [0.1, 0.15) is 63.9 Å². The summed E-state index contributed by atoms with van der Waals surface area (Å²) in [6, 6.07) is 20.7. The van der Waals surface area contributed by atoms with E-state index in [1.165, 1.54) is 18.2 Å². The van der Waals surface area contributed by atoms with Gasteiger partial charge < -0.3 is 5.73 Å². The Morgan fingerprint density at radius 2 is 1.43 bits per heavy atom. The van der Waals surface area contributed by atoms with Crippen LogP contribution in [-0.4, -0.2) is 36.4 Å². The summed E-state index contributed by atoms with van der Waals surface area (Å²) in [6.45, 7) is 0. The van der Waals surface area contributed by atoms with Gasteiger partial charge in [0.05, 0.1) is 12.1 Å². The van der Waals surface area contributed by atoms with Gasteiger partial charge in [-0.05, 0) is 42.7 Å². The second kappa shape index (κ2) is 11.4. The predicted octanol–water partition coefficient (Wildman–Crippen LogP) is 4.08. The van der Waals surface area contributed by atoms with Crippen LogP contribution in [0.25, 0.3) is 0 Å². The van der Waals surface area contributed by atoms with Crippen molar-refractivity contribution in [2.45, 2.75) is 44.6 Å². The summed E-state index contributed by atoms with van der Waals surface area (Å²) in [5.41, 5.74) is 6.87. The lowest BCUT2D eigenvalue weighted by Gasteiger charge is -2.33. The van der Waals surface area contributed by atoms with Gasteiger partial charge in [0.1, 0.15) is 0 Å². The quantitative estimate of drug-likeness (QED) is 0.412. The summed E-state index contributed by atoms with van der Waals surface area (Å²) in [4.78, 5) is 37.9. The van der Waals surface area contributed by atoms with Crippen LogP contribution in [0, 0.1) is 0 Å². The number of primary amides is 1. The van der Waals surface area contributed by atoms with E-state index in [1.807, 2.05) is 0 Å². The Morgan fingerprint density at radius 3 is 2.08 bits per heavy atom. The number of anilines is 1. The molecule has 0 saturated heterocycles. The molecule has 0 bridgehead atoms. The number of nitrogens with one attached hydrogen (secondary N) is 1. The monoisotopic (exact) mass is 519 g/mol. The first-order valence-electron chi connectivity index (χ1n) is 12.2. The van der Waals surface area contributed by atoms with Crippen molar-refractivity contribution in [1.82, 2.24) is 4.31 Å². The third-order valence-electron chi connectivity index (χ3n) is 6.45. The second-order valence-electron chi connectivity index (χ2n) is 9.07. The molecule has 4 rings (SSSR count). The summed E-state index contributed by atoms with van der Waals surface area (Å²) >= 11 is 0. The van der Waals surface area contributed by atoms with Gasteiger partial charge in [-0.3, -0.25) is 19.1 Å². The zero-order valence-corrected chi connectivity index (χ0v) is 21.1. The van der Waals surface area contributed by atoms with Gasteiger partial charge in [-0.15, -0.1) is 0 Å². The number of hydrogen-bond acceptors (Lipinski definition) is 5. The van der Waals surface area contributed by atoms with Gasteiger partial charge in [0.25, 0.3) is 0 Å². The standard InChI is InChI=1S/C28H29N3O5S/c29-28(34)22-17-15-20(16-18-22)19-26(32)31(23-11-5-2-6-12-23)37(35,36)30-25-14-8-7-13-24(25)27(33)21-9-3-1-4-10-21/h1,3-4,7-10,13-18,23,30H,2,5-6,11-12,19H2,(H2,29,34). The van der Waals surface area contributed by atoms with Crippen LogP contribution in [-0.2, 0) is 21.4 Å². The molecule has 0 heterocycles. The molecule has 3 N–H and O–H groups in total. The average Bonchev–Trinajstić information content (AvgIpc) is 2.89. The highest BCUT2D eigenvalue weighted by molar-refractivity contribution is 7.91. The number of ketones is 1. The lowest BCUT2D eigenvalue weighted by Crippen LogP contribution is -2.48. The molecule has 192 valence electrons. The molecule has 0 unspecified atom stereocenters. The highest BCUT2D eigenvalue weighted by Gasteiger charge is 2.35. The van der Waals surface area contributed by atoms with Crippen molar-refractivity contribution in [2.24, 2.45) is 5.73 Å². The Kier molecular flexibility index (Phi) is 8.03. The number of amides is 2. The van der Waals surface area contributed by atoms with Gasteiger partial charge >= 0.3 is 10.2 Å². The number of hydrogen-bond donors (Lipinski definition) is 2. The fourth-order valence-electron chi connectivity index (χ4n) is 4.59. The van der Waals surface area contributed by atoms with E-state index in [2.05, 4.69) is 4.72 Å². The fourth-order valence-corrected chi connectivity index (χ4v) is 6.08. The summed E-state index contributed by atoms with van der Waals surface area (Å²) in [7, 11) is -4.35. The van der Waals surface area contributed by atoms with Gasteiger partial charge in [-0.2, -0.15) is 8.42 Å². The zero-order valence-electron chi connectivity index (χ0n) is 20.3. The molecule has 0 aliphatic heterocycles. The van der Waals surface area contributed by atoms with Gasteiger partial charge in [-0.25, -0.2) is 4.31 Å². The topological polar surface area (TPSA) is 127 Å². The van der Waals surface area contributed by atoms with Crippen LogP contribution >= 0.6 is 0 Å². The molecule has 1 saturated carbocycles. The first-order valence-corrected chi connectivity index (χ1v) is 13.6. The van der Waals surface area contributed by atoms with Crippen molar-refractivity contribution in [1.29, 1.82) is 0 Å². The maximum atomic E-state index is 13.7. The van der Waals surface area contributed by atoms with Crippen LogP contribution in [0.5, 0.6) is 0 Å². The molecule has 1 aliphatic rings. The third-order valence-corrected chi connectivity index (χ3v) is 7.95. The minimum absolute atomic E-state index is 0.107. The molecule has 9 heteroatoms. The van der Waals surface area contributed by atoms with Gasteiger partial charge in [0, 0.05) is 22.7 Å². The Morgan fingerprint density at radius 1 is 0.811 bits per heavy atom. The molecule has 8 nitrogen and oxygen atoms in total. The van der Waals surface area contributed by atoms with Crippen LogP contribution in [0.15, 0.2) is 78.9 Å². The Hall–Kier alpha value is -3.98. The smallest absolute Gasteiger partial charge is 0.326 e. The van der Waals surface area contributed by atoms with Gasteiger partial charge in [0.15, 0.2) is 5.78 Å². The summed E-state index contributed by atoms with van der Waals surface area (Å²) in [5, 5.41) is 0. The molecule has 2 amide bonds. The summed E-state index contributed by atoms with van der Waals surface area (Å²) in [5.74, 6) is -1.50. The fraction of sp³-hybridized carbons (Fsp3) is 0.250. The highest BCUT2D eigenvalue weighted by atomic mass is 32.2. The van der Waals surface area contributed by atoms with E-state index in [1.54, 1.807) is 60.7 Å². The maximum Gasteiger partial charge on any atom is 0.326 e. The van der Waals surface area contributed by atoms with E-state index >= 15 is 0 Å². The van der Waals surface area contributed by atoms with Crippen molar-refractivity contribution < 1.29 is 22.8 Å². The molecule has 37 heavy (non-hydrogen) atoms. The van der Waals surface area contributed by atoms with E-state index in [4.69, 9.17) is 5.73 Å². The van der Waals surface area contributed by atoms with Gasteiger partial charge in [-0.1, -0.05) is 73.9 Å². The van der Waals surface area contributed by atoms with Crippen molar-refractivity contribution in [3.8, 4) is 0 Å². The Bertz CT molecular complexity index is 1380. The normalized spacial score (nSPS) is 14.1. The van der Waals surface area contributed by atoms with E-state index in [-0.39, 0.29) is 23.5 Å². The van der Waals surface area contributed by atoms with Crippen LogP contribution in [0.3, 0.4) is 0 Å². The van der Waals surface area contributed by atoms with Crippen molar-refractivity contribution in [3.63, 3.8) is 0 Å². The van der Waals surface area contributed by atoms with Gasteiger partial charge in [0.2, 0.25) is 11.8 Å². The number of rotatable bonds is 9. The number of carbonyl (C=O) groups is 3. The number of carbonyl (C=O) groups excluding carboxylic acids is 3. The van der Waals surface area contributed by atoms with Crippen molar-refractivity contribution in [2.75, 3.05) is 4.72 Å². The number of para-hydroxylation sites is 1. The van der Waals surface area contributed by atoms with Crippen LogP contribution < -0.4 is 10.5 Å². The van der Waals surface area contributed by atoms with E-state index < -0.39 is 28.1 Å². The van der Waals surface area contributed by atoms with Crippen molar-refractivity contribution in [3.05, 3.63) is 101 Å². The molecular weight excluding hydrogens is 490 g/mol. The van der Waals surface area contributed by atoms with E-state index in [0.717, 1.165) is 23.6 Å². The molecule has 0 radical (unpaired) electrons. The molecule has 3 aromatic carbocycles. The van der Waals surface area contributed by atoms with E-state index in [0.29, 0.717) is 29.5 Å². The largest absolute Gasteiger partial charge is 0.366 e. The Labute approximate surface area is 216 Å². The lowest BCUT2D eigenvalue weighted by molar-refractivity contribution is -0.127. The maximum absolute atomic E-state index is 13.7. The first-order chi connectivity index (χ1) is 17.8. The zero-order chi connectivity index (χ0) is 26.4. The summed E-state index contributed by atoms with van der Waals surface area (Å²) < 4.78 is 30.9. The first kappa shape index (κ1) is 26.1. The highest BCUT2D eigenvalue weighted by Crippen LogP contribution is 2.28. The minimum Gasteiger partial charge on any atom is -0.366 e. The third kappa shape index (κ3) is 6.24. The Balaban J connectivity index is 1.63. The predicted molar refractivity (Wildman–Crippen MR) is 141 cm³/mol. The van der Waals surface area contributed by atoms with Crippen LogP contribution in [0.4, 0.5) is 5.69 Å². The average molecular weight is 520 g/mol. The molecule has 3 aromatic rings. The van der Waals surface area contributed by atoms with Crippen molar-refractivity contribution >= 4 is 33.5 Å². The number of benzene rings is 3. The molecule has 1 fully saturated rings. The molecule has 1 aliphatic carbocycles. The number of nitrogens with zero attached hydrogens (tertiary/aromatic N) is 1. The SMILES string of the molecule is NC(=O)c1ccc(CC(=O)N(C2CCCCC2)S(=O)(=O)Nc2ccccc2C(=O)c2ccccc2)cc1. The molecular formula is C28H29N3O5S. The number of nitrogens with two attached hydrogens (primary N) is 1. The lowest BCUT2D eigenvalue weighted by atomic mass is 9.95.